The van der Waals surface area contributed by atoms with Crippen LogP contribution in [0.2, 0.25) is 0 Å². The number of carbonyl (C=O) groups is 1. The Labute approximate surface area is 209 Å². The molecule has 1 aliphatic rings. The van der Waals surface area contributed by atoms with Crippen LogP contribution in [0.15, 0.2) is 36.4 Å². The molecule has 1 heterocycles. The Hall–Kier alpha value is -3.10. The van der Waals surface area contributed by atoms with Gasteiger partial charge in [0.25, 0.3) is 0 Å². The number of aliphatic carboxylic acids is 1. The first-order valence-corrected chi connectivity index (χ1v) is 12.3. The minimum Gasteiger partial charge on any atom is -0.493 e. The van der Waals surface area contributed by atoms with Crippen molar-refractivity contribution in [3.63, 3.8) is 0 Å². The van der Waals surface area contributed by atoms with Crippen molar-refractivity contribution < 1.29 is 42.0 Å². The molecule has 36 heavy (non-hydrogen) atoms. The molecular formula is C27H33F3O6. The SMILES string of the molecule is CCCc1cc(OCC(F)(F)F)ccc1OCCCOc1ccc2c(c1)OC(CCC)(C(=O)O)CC2. The molecule has 9 heteroatoms. The molecule has 6 nitrogen and oxygen atoms in total. The van der Waals surface area contributed by atoms with Gasteiger partial charge in [0.05, 0.1) is 13.2 Å². The lowest BCUT2D eigenvalue weighted by Crippen LogP contribution is -2.47. The summed E-state index contributed by atoms with van der Waals surface area (Å²) in [7, 11) is 0. The molecule has 0 fully saturated rings. The van der Waals surface area contributed by atoms with Crippen molar-refractivity contribution in [2.75, 3.05) is 19.8 Å². The summed E-state index contributed by atoms with van der Waals surface area (Å²) < 4.78 is 59.7. The Kier molecular flexibility index (Phi) is 9.34. The van der Waals surface area contributed by atoms with Crippen LogP contribution in [0.4, 0.5) is 13.2 Å². The lowest BCUT2D eigenvalue weighted by Gasteiger charge is -2.35. The maximum absolute atomic E-state index is 12.4. The maximum Gasteiger partial charge on any atom is 0.422 e. The van der Waals surface area contributed by atoms with E-state index in [1.54, 1.807) is 18.2 Å². The topological polar surface area (TPSA) is 74.2 Å². The van der Waals surface area contributed by atoms with Crippen molar-refractivity contribution in [2.45, 2.75) is 70.6 Å². The molecular weight excluding hydrogens is 477 g/mol. The van der Waals surface area contributed by atoms with Gasteiger partial charge in [-0.05, 0) is 54.7 Å². The van der Waals surface area contributed by atoms with Crippen LogP contribution >= 0.6 is 0 Å². The molecule has 2 aromatic carbocycles. The van der Waals surface area contributed by atoms with E-state index in [0.29, 0.717) is 69.0 Å². The largest absolute Gasteiger partial charge is 0.493 e. The Morgan fingerprint density at radius 3 is 2.44 bits per heavy atom. The third-order valence-electron chi connectivity index (χ3n) is 5.95. The molecule has 0 aromatic heterocycles. The summed E-state index contributed by atoms with van der Waals surface area (Å²) in [5, 5.41) is 9.71. The molecule has 1 unspecified atom stereocenters. The molecule has 3 rings (SSSR count). The number of carboxylic acid groups (broad SMARTS) is 1. The summed E-state index contributed by atoms with van der Waals surface area (Å²) in [5.41, 5.74) is 0.557. The van der Waals surface area contributed by atoms with E-state index in [2.05, 4.69) is 0 Å². The van der Waals surface area contributed by atoms with Gasteiger partial charge in [0.2, 0.25) is 5.60 Å². The highest BCUT2D eigenvalue weighted by Gasteiger charge is 2.43. The predicted molar refractivity (Wildman–Crippen MR) is 128 cm³/mol. The Morgan fingerprint density at radius 1 is 1.03 bits per heavy atom. The molecule has 1 atom stereocenters. The van der Waals surface area contributed by atoms with Gasteiger partial charge in [0.15, 0.2) is 6.61 Å². The molecule has 0 radical (unpaired) electrons. The molecule has 198 valence electrons. The van der Waals surface area contributed by atoms with E-state index < -0.39 is 24.4 Å². The molecule has 0 saturated carbocycles. The zero-order valence-electron chi connectivity index (χ0n) is 20.7. The van der Waals surface area contributed by atoms with Gasteiger partial charge < -0.3 is 24.1 Å². The molecule has 0 bridgehead atoms. The van der Waals surface area contributed by atoms with Crippen molar-refractivity contribution in [3.8, 4) is 23.0 Å². The molecule has 0 spiro atoms. The van der Waals surface area contributed by atoms with E-state index in [9.17, 15) is 23.1 Å². The fraction of sp³-hybridized carbons (Fsp3) is 0.519. The highest BCUT2D eigenvalue weighted by Crippen LogP contribution is 2.38. The summed E-state index contributed by atoms with van der Waals surface area (Å²) >= 11 is 0. The van der Waals surface area contributed by atoms with Crippen LogP contribution in [0.1, 0.15) is 57.1 Å². The van der Waals surface area contributed by atoms with E-state index in [1.807, 2.05) is 26.0 Å². The second-order valence-electron chi connectivity index (χ2n) is 8.89. The number of carboxylic acids is 1. The molecule has 0 saturated heterocycles. The average molecular weight is 511 g/mol. The van der Waals surface area contributed by atoms with Gasteiger partial charge in [-0.15, -0.1) is 0 Å². The Bertz CT molecular complexity index is 1020. The van der Waals surface area contributed by atoms with Crippen LogP contribution in [0.5, 0.6) is 23.0 Å². The number of hydrogen-bond donors (Lipinski definition) is 1. The summed E-state index contributed by atoms with van der Waals surface area (Å²) in [5.74, 6) is 0.958. The van der Waals surface area contributed by atoms with Crippen molar-refractivity contribution in [2.24, 2.45) is 0 Å². The third kappa shape index (κ3) is 7.45. The number of benzene rings is 2. The highest BCUT2D eigenvalue weighted by molar-refractivity contribution is 5.78. The fourth-order valence-corrected chi connectivity index (χ4v) is 4.21. The van der Waals surface area contributed by atoms with Crippen LogP contribution in [0.3, 0.4) is 0 Å². The van der Waals surface area contributed by atoms with Gasteiger partial charge in [-0.25, -0.2) is 4.79 Å². The number of halogens is 3. The van der Waals surface area contributed by atoms with Gasteiger partial charge in [0, 0.05) is 18.9 Å². The van der Waals surface area contributed by atoms with Crippen molar-refractivity contribution in [1.29, 1.82) is 0 Å². The minimum atomic E-state index is -4.39. The molecule has 2 aromatic rings. The van der Waals surface area contributed by atoms with Gasteiger partial charge in [-0.1, -0.05) is 32.8 Å². The maximum atomic E-state index is 12.4. The zero-order valence-corrected chi connectivity index (χ0v) is 20.7. The van der Waals surface area contributed by atoms with Gasteiger partial charge in [-0.2, -0.15) is 13.2 Å². The van der Waals surface area contributed by atoms with E-state index in [-0.39, 0.29) is 5.75 Å². The average Bonchev–Trinajstić information content (AvgIpc) is 2.83. The summed E-state index contributed by atoms with van der Waals surface area (Å²) in [4.78, 5) is 11.9. The number of aryl methyl sites for hydroxylation is 2. The van der Waals surface area contributed by atoms with Gasteiger partial charge >= 0.3 is 12.1 Å². The molecule has 1 N–H and O–H groups in total. The highest BCUT2D eigenvalue weighted by atomic mass is 19.4. The van der Waals surface area contributed by atoms with Crippen LogP contribution < -0.4 is 18.9 Å². The monoisotopic (exact) mass is 510 g/mol. The molecule has 1 aliphatic heterocycles. The first-order valence-electron chi connectivity index (χ1n) is 12.3. The van der Waals surface area contributed by atoms with E-state index >= 15 is 0 Å². The summed E-state index contributed by atoms with van der Waals surface area (Å²) in [6.45, 7) is 3.31. The van der Waals surface area contributed by atoms with Crippen molar-refractivity contribution in [1.82, 2.24) is 0 Å². The quantitative estimate of drug-likeness (QED) is 0.316. The summed E-state index contributed by atoms with van der Waals surface area (Å²) in [6.07, 6.45) is -0.124. The number of alkyl halides is 3. The van der Waals surface area contributed by atoms with Crippen LogP contribution in [0, 0.1) is 0 Å². The second-order valence-corrected chi connectivity index (χ2v) is 8.89. The number of rotatable bonds is 13. The minimum absolute atomic E-state index is 0.159. The normalized spacial score (nSPS) is 17.1. The first-order chi connectivity index (χ1) is 17.2. The lowest BCUT2D eigenvalue weighted by molar-refractivity contribution is -0.157. The van der Waals surface area contributed by atoms with Crippen LogP contribution in [-0.2, 0) is 17.6 Å². The van der Waals surface area contributed by atoms with Gasteiger partial charge in [0.1, 0.15) is 23.0 Å². The Balaban J connectivity index is 1.52. The summed E-state index contributed by atoms with van der Waals surface area (Å²) in [6, 6.07) is 10.2. The smallest absolute Gasteiger partial charge is 0.422 e. The number of ether oxygens (including phenoxy) is 4. The first kappa shape index (κ1) is 27.5. The fourth-order valence-electron chi connectivity index (χ4n) is 4.21. The second kappa shape index (κ2) is 12.2. The van der Waals surface area contributed by atoms with Crippen molar-refractivity contribution >= 4 is 5.97 Å². The van der Waals surface area contributed by atoms with E-state index in [4.69, 9.17) is 18.9 Å². The molecule has 0 aliphatic carbocycles. The van der Waals surface area contributed by atoms with Crippen LogP contribution in [-0.4, -0.2) is 42.7 Å². The standard InChI is InChI=1S/C27H33F3O6/c1-3-6-20-16-21(35-18-27(28,29)30)9-10-23(20)34-15-5-14-33-22-8-7-19-11-13-26(12-4-2,25(31)32)36-24(19)17-22/h7-10,16-17H,3-6,11-15,18H2,1-2H3,(H,31,32). The zero-order chi connectivity index (χ0) is 26.2. The van der Waals surface area contributed by atoms with E-state index in [1.165, 1.54) is 6.07 Å². The number of hydrogen-bond acceptors (Lipinski definition) is 5. The number of fused-ring (bicyclic) bond motifs is 1. The van der Waals surface area contributed by atoms with E-state index in [0.717, 1.165) is 17.5 Å². The third-order valence-corrected chi connectivity index (χ3v) is 5.95. The predicted octanol–water partition coefficient (Wildman–Crippen LogP) is 6.38. The lowest BCUT2D eigenvalue weighted by atomic mass is 9.87. The van der Waals surface area contributed by atoms with Crippen LogP contribution in [0.25, 0.3) is 0 Å². The molecule has 0 amide bonds. The van der Waals surface area contributed by atoms with Gasteiger partial charge in [-0.3, -0.25) is 0 Å². The Morgan fingerprint density at radius 2 is 1.75 bits per heavy atom. The van der Waals surface area contributed by atoms with Crippen molar-refractivity contribution in [3.05, 3.63) is 47.5 Å².